The Morgan fingerprint density at radius 2 is 1.92 bits per heavy atom. The summed E-state index contributed by atoms with van der Waals surface area (Å²) in [6.07, 6.45) is 3.08. The summed E-state index contributed by atoms with van der Waals surface area (Å²) >= 11 is 6.03. The van der Waals surface area contributed by atoms with Crippen LogP contribution < -0.4 is 15.2 Å². The van der Waals surface area contributed by atoms with Gasteiger partial charge in [-0.15, -0.1) is 0 Å². The zero-order valence-corrected chi connectivity index (χ0v) is 14.0. The predicted octanol–water partition coefficient (Wildman–Crippen LogP) is 3.37. The quantitative estimate of drug-likeness (QED) is 0.509. The van der Waals surface area contributed by atoms with Crippen molar-refractivity contribution in [2.45, 2.75) is 0 Å². The van der Waals surface area contributed by atoms with E-state index in [4.69, 9.17) is 16.3 Å². The summed E-state index contributed by atoms with van der Waals surface area (Å²) in [6, 6.07) is 13.9. The molecule has 0 atom stereocenters. The van der Waals surface area contributed by atoms with Crippen molar-refractivity contribution in [2.75, 3.05) is 11.6 Å². The lowest BCUT2D eigenvalue weighted by Crippen LogP contribution is -2.35. The van der Waals surface area contributed by atoms with Crippen LogP contribution >= 0.6 is 11.6 Å². The molecule has 2 aromatic rings. The molecular weight excluding hydrogens is 340 g/mol. The van der Waals surface area contributed by atoms with Crippen LogP contribution in [0.25, 0.3) is 6.08 Å². The molecule has 1 aliphatic heterocycles. The fourth-order valence-electron chi connectivity index (χ4n) is 2.38. The van der Waals surface area contributed by atoms with Gasteiger partial charge in [0.05, 0.1) is 5.69 Å². The van der Waals surface area contributed by atoms with E-state index >= 15 is 0 Å². The van der Waals surface area contributed by atoms with E-state index < -0.39 is 11.8 Å². The summed E-state index contributed by atoms with van der Waals surface area (Å²) in [6.45, 7) is 3.90. The predicted molar refractivity (Wildman–Crippen MR) is 97.2 cm³/mol. The third-order valence-electron chi connectivity index (χ3n) is 3.53. The summed E-state index contributed by atoms with van der Waals surface area (Å²) in [5.41, 5.74) is 3.69. The van der Waals surface area contributed by atoms with Gasteiger partial charge in [0.1, 0.15) is 17.9 Å². The van der Waals surface area contributed by atoms with Gasteiger partial charge in [-0.25, -0.2) is 5.01 Å². The van der Waals surface area contributed by atoms with Crippen molar-refractivity contribution in [3.8, 4) is 5.75 Å². The highest BCUT2D eigenvalue weighted by Crippen LogP contribution is 2.28. The summed E-state index contributed by atoms with van der Waals surface area (Å²) in [4.78, 5) is 24.9. The van der Waals surface area contributed by atoms with Gasteiger partial charge in [-0.3, -0.25) is 15.0 Å². The SMILES string of the molecule is C=CCOc1ccc(Cl)cc1/C=C1/C(=O)NN(c2ccccc2)C1=O. The Morgan fingerprint density at radius 3 is 2.64 bits per heavy atom. The number of carbonyl (C=O) groups excluding carboxylic acids is 2. The number of nitrogens with one attached hydrogen (secondary N) is 1. The highest BCUT2D eigenvalue weighted by molar-refractivity contribution is 6.32. The first-order valence-electron chi connectivity index (χ1n) is 7.55. The van der Waals surface area contributed by atoms with Crippen molar-refractivity contribution in [2.24, 2.45) is 0 Å². The minimum absolute atomic E-state index is 0.00886. The van der Waals surface area contributed by atoms with E-state index in [0.29, 0.717) is 28.6 Å². The summed E-state index contributed by atoms with van der Waals surface area (Å²) in [5, 5.41) is 1.69. The molecular formula is C19H15ClN2O3. The number of rotatable bonds is 5. The number of ether oxygens (including phenoxy) is 1. The maximum atomic E-state index is 12.6. The van der Waals surface area contributed by atoms with Crippen LogP contribution in [0.4, 0.5) is 5.69 Å². The molecule has 1 heterocycles. The van der Waals surface area contributed by atoms with E-state index in [-0.39, 0.29) is 5.57 Å². The Balaban J connectivity index is 1.96. The van der Waals surface area contributed by atoms with E-state index in [2.05, 4.69) is 12.0 Å². The molecule has 5 nitrogen and oxygen atoms in total. The summed E-state index contributed by atoms with van der Waals surface area (Å²) in [5.74, 6) is -0.412. The molecule has 0 aromatic heterocycles. The Hall–Kier alpha value is -3.05. The van der Waals surface area contributed by atoms with Gasteiger partial charge in [-0.1, -0.05) is 42.5 Å². The maximum Gasteiger partial charge on any atom is 0.282 e. The zero-order chi connectivity index (χ0) is 17.8. The van der Waals surface area contributed by atoms with Crippen LogP contribution in [0.2, 0.25) is 5.02 Å². The minimum atomic E-state index is -0.483. The molecule has 3 rings (SSSR count). The molecule has 6 heteroatoms. The first-order valence-corrected chi connectivity index (χ1v) is 7.93. The number of hydrazine groups is 1. The number of carbonyl (C=O) groups is 2. The second kappa shape index (κ2) is 7.23. The number of amides is 2. The summed E-state index contributed by atoms with van der Waals surface area (Å²) in [7, 11) is 0. The lowest BCUT2D eigenvalue weighted by atomic mass is 10.1. The van der Waals surface area contributed by atoms with Gasteiger partial charge in [0.15, 0.2) is 0 Å². The van der Waals surface area contributed by atoms with Crippen molar-refractivity contribution >= 4 is 35.2 Å². The Morgan fingerprint density at radius 1 is 1.16 bits per heavy atom. The number of anilines is 1. The topological polar surface area (TPSA) is 58.6 Å². The van der Waals surface area contributed by atoms with Crippen LogP contribution in [0.5, 0.6) is 5.75 Å². The van der Waals surface area contributed by atoms with Crippen molar-refractivity contribution in [3.05, 3.63) is 77.3 Å². The molecule has 0 bridgehead atoms. The third-order valence-corrected chi connectivity index (χ3v) is 3.77. The number of halogens is 1. The monoisotopic (exact) mass is 354 g/mol. The van der Waals surface area contributed by atoms with Gasteiger partial charge in [0.25, 0.3) is 11.8 Å². The summed E-state index contributed by atoms with van der Waals surface area (Å²) < 4.78 is 5.56. The molecule has 2 aromatic carbocycles. The fourth-order valence-corrected chi connectivity index (χ4v) is 2.56. The van der Waals surface area contributed by atoms with Gasteiger partial charge in [-0.05, 0) is 36.4 Å². The minimum Gasteiger partial charge on any atom is -0.489 e. The number of benzene rings is 2. The average molecular weight is 355 g/mol. The molecule has 0 aliphatic carbocycles. The van der Waals surface area contributed by atoms with Crippen LogP contribution in [-0.2, 0) is 9.59 Å². The van der Waals surface area contributed by atoms with Gasteiger partial charge in [-0.2, -0.15) is 0 Å². The third kappa shape index (κ3) is 3.56. The van der Waals surface area contributed by atoms with Gasteiger partial charge >= 0.3 is 0 Å². The molecule has 0 saturated carbocycles. The Labute approximate surface area is 150 Å². The zero-order valence-electron chi connectivity index (χ0n) is 13.2. The number of hydrogen-bond acceptors (Lipinski definition) is 3. The molecule has 1 fully saturated rings. The number of nitrogens with zero attached hydrogens (tertiary/aromatic N) is 1. The van der Waals surface area contributed by atoms with Crippen LogP contribution in [0.15, 0.2) is 66.8 Å². The van der Waals surface area contributed by atoms with Gasteiger partial charge < -0.3 is 4.74 Å². The average Bonchev–Trinajstić information content (AvgIpc) is 2.90. The van der Waals surface area contributed by atoms with Gasteiger partial charge in [0, 0.05) is 10.6 Å². The van der Waals surface area contributed by atoms with Crippen molar-refractivity contribution in [1.82, 2.24) is 5.43 Å². The molecule has 1 N–H and O–H groups in total. The second-order valence-electron chi connectivity index (χ2n) is 5.26. The molecule has 25 heavy (non-hydrogen) atoms. The van der Waals surface area contributed by atoms with Crippen LogP contribution in [0, 0.1) is 0 Å². The highest BCUT2D eigenvalue weighted by atomic mass is 35.5. The molecule has 0 radical (unpaired) electrons. The Kier molecular flexibility index (Phi) is 4.86. The molecule has 0 spiro atoms. The van der Waals surface area contributed by atoms with Crippen molar-refractivity contribution < 1.29 is 14.3 Å². The van der Waals surface area contributed by atoms with Crippen LogP contribution in [0.1, 0.15) is 5.56 Å². The molecule has 1 saturated heterocycles. The van der Waals surface area contributed by atoms with Crippen LogP contribution in [-0.4, -0.2) is 18.4 Å². The van der Waals surface area contributed by atoms with Crippen molar-refractivity contribution in [3.63, 3.8) is 0 Å². The first-order chi connectivity index (χ1) is 12.1. The normalized spacial score (nSPS) is 15.4. The van der Waals surface area contributed by atoms with E-state index in [1.54, 1.807) is 48.5 Å². The first kappa shape index (κ1) is 16.8. The lowest BCUT2D eigenvalue weighted by Gasteiger charge is -2.14. The molecule has 2 amide bonds. The molecule has 1 aliphatic rings. The molecule has 0 unspecified atom stereocenters. The van der Waals surface area contributed by atoms with E-state index in [0.717, 1.165) is 0 Å². The molecule has 126 valence electrons. The second-order valence-corrected chi connectivity index (χ2v) is 5.69. The highest BCUT2D eigenvalue weighted by Gasteiger charge is 2.34. The number of hydrogen-bond donors (Lipinski definition) is 1. The van der Waals surface area contributed by atoms with Crippen LogP contribution in [0.3, 0.4) is 0 Å². The van der Waals surface area contributed by atoms with E-state index in [1.165, 1.54) is 11.1 Å². The Bertz CT molecular complexity index is 862. The maximum absolute atomic E-state index is 12.6. The number of para-hydroxylation sites is 1. The van der Waals surface area contributed by atoms with E-state index in [1.807, 2.05) is 6.07 Å². The standard InChI is InChI=1S/C19H15ClN2O3/c1-2-10-25-17-9-8-14(20)11-13(17)12-16-18(23)21-22(19(16)24)15-6-4-3-5-7-15/h2-9,11-12H,1,10H2,(H,21,23)/b16-12-. The fraction of sp³-hybridized carbons (Fsp3) is 0.0526. The lowest BCUT2D eigenvalue weighted by molar-refractivity contribution is -0.117. The van der Waals surface area contributed by atoms with Crippen molar-refractivity contribution in [1.29, 1.82) is 0 Å². The smallest absolute Gasteiger partial charge is 0.282 e. The van der Waals surface area contributed by atoms with E-state index in [9.17, 15) is 9.59 Å². The van der Waals surface area contributed by atoms with Gasteiger partial charge in [0.2, 0.25) is 0 Å². The largest absolute Gasteiger partial charge is 0.489 e.